The molecule has 2 fully saturated rings. The van der Waals surface area contributed by atoms with Crippen LogP contribution in [-0.4, -0.2) is 83.4 Å². The van der Waals surface area contributed by atoms with Gasteiger partial charge in [0, 0.05) is 73.4 Å². The normalized spacial score (nSPS) is 30.0. The Labute approximate surface area is 280 Å². The Morgan fingerprint density at radius 3 is 2.32 bits per heavy atom. The minimum atomic E-state index is -0.123. The van der Waals surface area contributed by atoms with E-state index in [9.17, 15) is 0 Å². The lowest BCUT2D eigenvalue weighted by molar-refractivity contribution is 0.288. The number of hydrogen-bond donors (Lipinski definition) is 3. The molecule has 9 nitrogen and oxygen atoms in total. The van der Waals surface area contributed by atoms with Gasteiger partial charge in [-0.3, -0.25) is 4.99 Å². The van der Waals surface area contributed by atoms with Crippen molar-refractivity contribution >= 4 is 23.2 Å². The first kappa shape index (κ1) is 31.6. The molecule has 7 rings (SSSR count). The summed E-state index contributed by atoms with van der Waals surface area (Å²) in [5.41, 5.74) is 6.57. The Hall–Kier alpha value is -3.98. The largest absolute Gasteiger partial charge is 0.372 e. The quantitative estimate of drug-likeness (QED) is 0.358. The minimum absolute atomic E-state index is 0.0271. The van der Waals surface area contributed by atoms with E-state index < -0.39 is 0 Å². The fourth-order valence-corrected chi connectivity index (χ4v) is 7.44. The third kappa shape index (κ3) is 7.30. The van der Waals surface area contributed by atoms with Crippen LogP contribution in [0, 0.1) is 5.92 Å². The van der Waals surface area contributed by atoms with Gasteiger partial charge in [0.05, 0.1) is 17.3 Å². The number of aliphatic imine (C=N–C) groups is 4. The highest BCUT2D eigenvalue weighted by molar-refractivity contribution is 6.15. The zero-order valence-electron chi connectivity index (χ0n) is 28.5. The van der Waals surface area contributed by atoms with Gasteiger partial charge in [0.25, 0.3) is 0 Å². The van der Waals surface area contributed by atoms with Crippen molar-refractivity contribution in [3.8, 4) is 0 Å². The SMILES string of the molecule is CC(C)N=C1C=C(N2CCCCC2)C=C/C1=C1/NC2=CC=CC3=NC(C4C=CC(N5CCCCC5)=CC4NC(C)C)=NC(=N[C@H]3C2)N1. The van der Waals surface area contributed by atoms with Gasteiger partial charge in [0.1, 0.15) is 17.7 Å². The highest BCUT2D eigenvalue weighted by Crippen LogP contribution is 2.29. The average molecular weight is 634 g/mol. The molecule has 0 spiro atoms. The summed E-state index contributed by atoms with van der Waals surface area (Å²) in [5, 5.41) is 11.2. The van der Waals surface area contributed by atoms with Gasteiger partial charge in [-0.05, 0) is 94.9 Å². The summed E-state index contributed by atoms with van der Waals surface area (Å²) in [6, 6.07) is 0.429. The highest BCUT2D eigenvalue weighted by Gasteiger charge is 2.33. The summed E-state index contributed by atoms with van der Waals surface area (Å²) in [6.07, 6.45) is 28.4. The van der Waals surface area contributed by atoms with Crippen LogP contribution in [0.25, 0.3) is 0 Å². The zero-order valence-corrected chi connectivity index (χ0v) is 28.5. The predicted molar refractivity (Wildman–Crippen MR) is 195 cm³/mol. The van der Waals surface area contributed by atoms with Crippen molar-refractivity contribution in [3.05, 3.63) is 83.2 Å². The van der Waals surface area contributed by atoms with Crippen LogP contribution in [-0.2, 0) is 0 Å². The summed E-state index contributed by atoms with van der Waals surface area (Å²) in [4.78, 5) is 25.8. The van der Waals surface area contributed by atoms with E-state index >= 15 is 0 Å². The van der Waals surface area contributed by atoms with Crippen LogP contribution in [0.5, 0.6) is 0 Å². The molecule has 0 aromatic rings. The first-order valence-electron chi connectivity index (χ1n) is 17.9. The predicted octanol–water partition coefficient (Wildman–Crippen LogP) is 5.52. The van der Waals surface area contributed by atoms with Gasteiger partial charge in [0.15, 0.2) is 0 Å². The Balaban J connectivity index is 1.25. The molecule has 2 saturated heterocycles. The molecule has 2 unspecified atom stereocenters. The van der Waals surface area contributed by atoms with Crippen molar-refractivity contribution in [1.29, 1.82) is 0 Å². The van der Waals surface area contributed by atoms with E-state index in [2.05, 4.69) is 108 Å². The summed E-state index contributed by atoms with van der Waals surface area (Å²) in [6.45, 7) is 13.1. The fourth-order valence-electron chi connectivity index (χ4n) is 7.44. The molecule has 9 heteroatoms. The van der Waals surface area contributed by atoms with Crippen molar-refractivity contribution in [2.45, 2.75) is 96.8 Å². The molecule has 3 bridgehead atoms. The van der Waals surface area contributed by atoms with E-state index in [1.807, 2.05) is 0 Å². The molecule has 248 valence electrons. The second-order valence-corrected chi connectivity index (χ2v) is 14.2. The van der Waals surface area contributed by atoms with E-state index in [0.29, 0.717) is 12.0 Å². The van der Waals surface area contributed by atoms with Crippen molar-refractivity contribution in [1.82, 2.24) is 25.8 Å². The number of fused-ring (bicyclic) bond motifs is 1. The lowest BCUT2D eigenvalue weighted by Crippen LogP contribution is -2.44. The lowest BCUT2D eigenvalue weighted by Gasteiger charge is -2.35. The molecular weight excluding hydrogens is 582 g/mol. The summed E-state index contributed by atoms with van der Waals surface area (Å²) in [5.74, 6) is 2.18. The number of guanidine groups is 1. The summed E-state index contributed by atoms with van der Waals surface area (Å²) >= 11 is 0. The van der Waals surface area contributed by atoms with Crippen LogP contribution in [0.4, 0.5) is 0 Å². The Morgan fingerprint density at radius 1 is 0.851 bits per heavy atom. The van der Waals surface area contributed by atoms with E-state index in [1.165, 1.54) is 49.9 Å². The van der Waals surface area contributed by atoms with Crippen molar-refractivity contribution in [2.24, 2.45) is 25.9 Å². The van der Waals surface area contributed by atoms with Gasteiger partial charge >= 0.3 is 0 Å². The van der Waals surface area contributed by atoms with Gasteiger partial charge in [-0.25, -0.2) is 9.98 Å². The lowest BCUT2D eigenvalue weighted by atomic mass is 9.91. The summed E-state index contributed by atoms with van der Waals surface area (Å²) < 4.78 is 0. The number of piperidine rings is 2. The third-order valence-corrected chi connectivity index (χ3v) is 9.71. The van der Waals surface area contributed by atoms with Gasteiger partial charge in [0.2, 0.25) is 5.96 Å². The van der Waals surface area contributed by atoms with E-state index in [4.69, 9.17) is 20.0 Å². The second-order valence-electron chi connectivity index (χ2n) is 14.2. The monoisotopic (exact) mass is 633 g/mol. The smallest absolute Gasteiger partial charge is 0.226 e. The molecular formula is C38H51N9. The molecule has 4 aliphatic heterocycles. The number of rotatable bonds is 6. The van der Waals surface area contributed by atoms with Crippen LogP contribution < -0.4 is 16.0 Å². The van der Waals surface area contributed by atoms with Crippen LogP contribution in [0.1, 0.15) is 72.6 Å². The molecule has 47 heavy (non-hydrogen) atoms. The maximum absolute atomic E-state index is 5.25. The standard InChI is InChI=1S/C38H51N9/c1-25(2)39-33-23-28(46-18-7-5-8-19-46)14-16-30(33)36-41-27-12-11-13-32-35(22-27)43-38(44-36)45-37(42-32)31-17-15-29(24-34(31)40-26(3)4)47-20-9-6-10-21-47/h11-17,23-26,31,34-35,40-41H,5-10,18-22H2,1-4H3,(H,43,44)/b36-30+,39-33?/t31?,34?,35-/m0/s1. The first-order chi connectivity index (χ1) is 22.9. The average Bonchev–Trinajstić information content (AvgIpc) is 3.36. The number of likely N-dealkylation sites (tertiary alicyclic amines) is 2. The Kier molecular flexibility index (Phi) is 9.43. The van der Waals surface area contributed by atoms with Gasteiger partial charge in [-0.15, -0.1) is 0 Å². The molecule has 7 aliphatic rings. The van der Waals surface area contributed by atoms with Crippen LogP contribution in [0.15, 0.2) is 103 Å². The maximum atomic E-state index is 5.25. The molecule has 3 atom stereocenters. The zero-order chi connectivity index (χ0) is 32.3. The molecule has 0 radical (unpaired) electrons. The summed E-state index contributed by atoms with van der Waals surface area (Å²) in [7, 11) is 0. The molecule has 4 heterocycles. The number of nitrogens with one attached hydrogen (secondary N) is 3. The topological polar surface area (TPSA) is 92.0 Å². The van der Waals surface area contributed by atoms with Crippen molar-refractivity contribution in [3.63, 3.8) is 0 Å². The number of nitrogens with zero attached hydrogens (tertiary/aromatic N) is 6. The third-order valence-electron chi connectivity index (χ3n) is 9.71. The van der Waals surface area contributed by atoms with Crippen LogP contribution in [0.3, 0.4) is 0 Å². The van der Waals surface area contributed by atoms with E-state index in [0.717, 1.165) is 66.9 Å². The van der Waals surface area contributed by atoms with Crippen molar-refractivity contribution < 1.29 is 0 Å². The first-order valence-corrected chi connectivity index (χ1v) is 17.9. The molecule has 3 N–H and O–H groups in total. The number of hydrogen-bond acceptors (Lipinski definition) is 9. The van der Waals surface area contributed by atoms with Crippen LogP contribution >= 0.6 is 0 Å². The maximum Gasteiger partial charge on any atom is 0.226 e. The molecule has 3 aliphatic carbocycles. The van der Waals surface area contributed by atoms with Gasteiger partial charge < -0.3 is 25.8 Å². The molecule has 0 aromatic carbocycles. The van der Waals surface area contributed by atoms with Crippen LogP contribution in [0.2, 0.25) is 0 Å². The van der Waals surface area contributed by atoms with Crippen molar-refractivity contribution in [2.75, 3.05) is 26.2 Å². The number of allylic oxidation sites excluding steroid dienone is 7. The molecule has 0 aromatic heterocycles. The van der Waals surface area contributed by atoms with Gasteiger partial charge in [-0.2, -0.15) is 4.99 Å². The fraction of sp³-hybridized carbons (Fsp3) is 0.526. The number of amidine groups is 1. The minimum Gasteiger partial charge on any atom is -0.372 e. The Morgan fingerprint density at radius 2 is 1.60 bits per heavy atom. The second kappa shape index (κ2) is 14.0. The highest BCUT2D eigenvalue weighted by atomic mass is 15.3. The molecule has 0 amide bonds. The molecule has 0 saturated carbocycles. The van der Waals surface area contributed by atoms with Gasteiger partial charge in [-0.1, -0.05) is 26.0 Å². The Bertz CT molecular complexity index is 1560. The van der Waals surface area contributed by atoms with E-state index in [-0.39, 0.29) is 24.0 Å². The van der Waals surface area contributed by atoms with E-state index in [1.54, 1.807) is 0 Å².